The highest BCUT2D eigenvalue weighted by Crippen LogP contribution is 2.33. The first kappa shape index (κ1) is 17.0. The summed E-state index contributed by atoms with van der Waals surface area (Å²) in [4.78, 5) is -0.425. The molecule has 1 heterocycles. The average Bonchev–Trinajstić information content (AvgIpc) is 2.45. The average molecular weight is 333 g/mol. The maximum absolute atomic E-state index is 14.2. The Morgan fingerprint density at radius 1 is 1.14 bits per heavy atom. The molecule has 1 fully saturated rings. The Morgan fingerprint density at radius 3 is 2.14 bits per heavy atom. The predicted octanol–water partition coefficient (Wildman–Crippen LogP) is 1.64. The Morgan fingerprint density at radius 2 is 1.64 bits per heavy atom. The van der Waals surface area contributed by atoms with Crippen molar-refractivity contribution < 1.29 is 27.0 Å². The summed E-state index contributed by atoms with van der Waals surface area (Å²) >= 11 is 0. The Hall–Kier alpha value is -1.38. The zero-order valence-electron chi connectivity index (χ0n) is 13.0. The summed E-state index contributed by atoms with van der Waals surface area (Å²) in [6, 6.07) is 2.16. The van der Waals surface area contributed by atoms with Crippen LogP contribution in [0, 0.1) is 5.82 Å². The lowest BCUT2D eigenvalue weighted by atomic mass is 10.3. The minimum Gasteiger partial charge on any atom is -0.493 e. The van der Waals surface area contributed by atoms with Gasteiger partial charge in [0.1, 0.15) is 10.7 Å². The smallest absolute Gasteiger partial charge is 0.246 e. The van der Waals surface area contributed by atoms with Gasteiger partial charge in [-0.25, -0.2) is 12.8 Å². The predicted molar refractivity (Wildman–Crippen MR) is 78.3 cm³/mol. The van der Waals surface area contributed by atoms with Crippen molar-refractivity contribution in [2.45, 2.75) is 31.0 Å². The molecule has 8 heteroatoms. The lowest BCUT2D eigenvalue weighted by Gasteiger charge is -2.34. The largest absolute Gasteiger partial charge is 0.493 e. The molecule has 0 radical (unpaired) electrons. The van der Waals surface area contributed by atoms with Crippen molar-refractivity contribution in [2.24, 2.45) is 0 Å². The van der Waals surface area contributed by atoms with Crippen LogP contribution in [0.25, 0.3) is 0 Å². The van der Waals surface area contributed by atoms with Crippen LogP contribution in [0.15, 0.2) is 17.0 Å². The summed E-state index contributed by atoms with van der Waals surface area (Å²) in [5.74, 6) is -0.566. The van der Waals surface area contributed by atoms with Crippen LogP contribution in [0.1, 0.15) is 13.8 Å². The summed E-state index contributed by atoms with van der Waals surface area (Å²) in [7, 11) is -1.25. The van der Waals surface area contributed by atoms with Gasteiger partial charge in [0.15, 0.2) is 11.5 Å². The maximum Gasteiger partial charge on any atom is 0.246 e. The Balaban J connectivity index is 2.45. The molecule has 0 aromatic heterocycles. The van der Waals surface area contributed by atoms with Gasteiger partial charge in [0.25, 0.3) is 0 Å². The monoisotopic (exact) mass is 333 g/mol. The molecule has 0 N–H and O–H groups in total. The normalized spacial score (nSPS) is 23.3. The van der Waals surface area contributed by atoms with E-state index in [9.17, 15) is 12.8 Å². The lowest BCUT2D eigenvalue weighted by molar-refractivity contribution is -0.0441. The number of methoxy groups -OCH3 is 2. The van der Waals surface area contributed by atoms with Gasteiger partial charge in [-0.1, -0.05) is 0 Å². The van der Waals surface area contributed by atoms with Crippen LogP contribution in [-0.2, 0) is 14.8 Å². The zero-order chi connectivity index (χ0) is 16.5. The summed E-state index contributed by atoms with van der Waals surface area (Å²) in [6.07, 6.45) is -0.497. The van der Waals surface area contributed by atoms with Crippen molar-refractivity contribution >= 4 is 10.0 Å². The second-order valence-corrected chi connectivity index (χ2v) is 7.12. The molecule has 0 amide bonds. The first-order valence-electron chi connectivity index (χ1n) is 6.86. The van der Waals surface area contributed by atoms with E-state index in [1.54, 1.807) is 13.8 Å². The fraction of sp³-hybridized carbons (Fsp3) is 0.571. The summed E-state index contributed by atoms with van der Waals surface area (Å²) in [6.45, 7) is 3.92. The molecule has 6 nitrogen and oxygen atoms in total. The molecule has 2 atom stereocenters. The molecule has 0 spiro atoms. The van der Waals surface area contributed by atoms with Gasteiger partial charge < -0.3 is 14.2 Å². The summed E-state index contributed by atoms with van der Waals surface area (Å²) < 4.78 is 56.4. The Labute approximate surface area is 129 Å². The van der Waals surface area contributed by atoms with Crippen molar-refractivity contribution in [3.8, 4) is 11.5 Å². The molecule has 2 rings (SSSR count). The third-order valence-electron chi connectivity index (χ3n) is 3.44. The lowest BCUT2D eigenvalue weighted by Crippen LogP contribution is -2.48. The maximum atomic E-state index is 14.2. The number of hydrogen-bond acceptors (Lipinski definition) is 5. The van der Waals surface area contributed by atoms with Gasteiger partial charge in [0.05, 0.1) is 26.4 Å². The van der Waals surface area contributed by atoms with Gasteiger partial charge in [0, 0.05) is 25.2 Å². The third-order valence-corrected chi connectivity index (χ3v) is 5.29. The number of morpholine rings is 1. The highest BCUT2D eigenvalue weighted by molar-refractivity contribution is 7.89. The molecule has 1 aromatic carbocycles. The topological polar surface area (TPSA) is 65.1 Å². The van der Waals surface area contributed by atoms with E-state index in [2.05, 4.69) is 0 Å². The van der Waals surface area contributed by atoms with E-state index in [1.165, 1.54) is 18.5 Å². The molecule has 1 saturated heterocycles. The Kier molecular flexibility index (Phi) is 4.93. The minimum atomic E-state index is -3.97. The van der Waals surface area contributed by atoms with Crippen LogP contribution in [-0.4, -0.2) is 52.2 Å². The summed E-state index contributed by atoms with van der Waals surface area (Å²) in [5.41, 5.74) is 0. The van der Waals surface area contributed by atoms with Crippen molar-refractivity contribution in [1.29, 1.82) is 0 Å². The number of rotatable bonds is 4. The van der Waals surface area contributed by atoms with Crippen LogP contribution in [0.4, 0.5) is 4.39 Å². The number of sulfonamides is 1. The molecule has 1 aliphatic rings. The van der Waals surface area contributed by atoms with Crippen LogP contribution in [0.5, 0.6) is 11.5 Å². The van der Waals surface area contributed by atoms with Gasteiger partial charge in [-0.05, 0) is 13.8 Å². The van der Waals surface area contributed by atoms with Crippen molar-refractivity contribution in [3.05, 3.63) is 17.9 Å². The molecule has 0 aliphatic carbocycles. The van der Waals surface area contributed by atoms with Gasteiger partial charge in [0.2, 0.25) is 10.0 Å². The first-order valence-corrected chi connectivity index (χ1v) is 8.30. The molecule has 22 heavy (non-hydrogen) atoms. The van der Waals surface area contributed by atoms with E-state index in [0.717, 1.165) is 12.1 Å². The van der Waals surface area contributed by atoms with Gasteiger partial charge in [-0.3, -0.25) is 0 Å². The first-order chi connectivity index (χ1) is 10.3. The molecule has 0 saturated carbocycles. The van der Waals surface area contributed by atoms with E-state index in [1.807, 2.05) is 0 Å². The fourth-order valence-electron chi connectivity index (χ4n) is 2.50. The number of benzene rings is 1. The molecule has 124 valence electrons. The molecule has 1 aromatic rings. The number of hydrogen-bond donors (Lipinski definition) is 0. The molecule has 1 aliphatic heterocycles. The second kappa shape index (κ2) is 6.39. The van der Waals surface area contributed by atoms with Crippen molar-refractivity contribution in [1.82, 2.24) is 4.31 Å². The Bertz CT molecular complexity index is 639. The number of ether oxygens (including phenoxy) is 3. The fourth-order valence-corrected chi connectivity index (χ4v) is 4.15. The third kappa shape index (κ3) is 3.18. The van der Waals surface area contributed by atoms with Crippen molar-refractivity contribution in [2.75, 3.05) is 27.3 Å². The van der Waals surface area contributed by atoms with Gasteiger partial charge in [-0.15, -0.1) is 0 Å². The van der Waals surface area contributed by atoms with Crippen LogP contribution >= 0.6 is 0 Å². The van der Waals surface area contributed by atoms with E-state index >= 15 is 0 Å². The van der Waals surface area contributed by atoms with E-state index in [0.29, 0.717) is 0 Å². The van der Waals surface area contributed by atoms with Gasteiger partial charge in [-0.2, -0.15) is 4.31 Å². The molecular weight excluding hydrogens is 313 g/mol. The number of halogens is 1. The van der Waals surface area contributed by atoms with Gasteiger partial charge >= 0.3 is 0 Å². The molecule has 0 unspecified atom stereocenters. The molecular formula is C14H20FNO5S. The van der Waals surface area contributed by atoms with E-state index < -0.39 is 20.7 Å². The van der Waals surface area contributed by atoms with Crippen LogP contribution < -0.4 is 9.47 Å². The van der Waals surface area contributed by atoms with E-state index in [-0.39, 0.29) is 36.8 Å². The van der Waals surface area contributed by atoms with Crippen LogP contribution in [0.2, 0.25) is 0 Å². The number of nitrogens with zero attached hydrogens (tertiary/aromatic N) is 1. The van der Waals surface area contributed by atoms with Crippen LogP contribution in [0.3, 0.4) is 0 Å². The summed E-state index contributed by atoms with van der Waals surface area (Å²) in [5, 5.41) is 0. The SMILES string of the molecule is COc1cc(F)c(S(=O)(=O)N2C[C@@H](C)O[C@H](C)C2)cc1OC. The highest BCUT2D eigenvalue weighted by Gasteiger charge is 2.34. The standard InChI is InChI=1S/C14H20FNO5S/c1-9-7-16(8-10(2)21-9)22(17,18)14-6-13(20-4)12(19-3)5-11(14)15/h5-6,9-10H,7-8H2,1-4H3/t9-,10-/m1/s1. The molecule has 0 bridgehead atoms. The quantitative estimate of drug-likeness (QED) is 0.838. The second-order valence-electron chi connectivity index (χ2n) is 5.22. The zero-order valence-corrected chi connectivity index (χ0v) is 13.8. The minimum absolute atomic E-state index is 0.141. The van der Waals surface area contributed by atoms with E-state index in [4.69, 9.17) is 14.2 Å². The highest BCUT2D eigenvalue weighted by atomic mass is 32.2. The van der Waals surface area contributed by atoms with Crippen molar-refractivity contribution in [3.63, 3.8) is 0 Å².